The van der Waals surface area contributed by atoms with Crippen LogP contribution in [0.25, 0.3) is 0 Å². The maximum atomic E-state index is 9.13. The average Bonchev–Trinajstić information content (AvgIpc) is 3.08. The minimum Gasteiger partial charge on any atom is -0.394 e. The predicted octanol–water partition coefficient (Wildman–Crippen LogP) is 1.33. The third-order valence-corrected chi connectivity index (χ3v) is 4.96. The predicted molar refractivity (Wildman–Crippen MR) is 83.2 cm³/mol. The summed E-state index contributed by atoms with van der Waals surface area (Å²) in [7, 11) is 0. The van der Waals surface area contributed by atoms with Crippen LogP contribution in [0.4, 0.5) is 0 Å². The highest BCUT2D eigenvalue weighted by molar-refractivity contribution is 5.25. The molecule has 0 amide bonds. The van der Waals surface area contributed by atoms with Crippen LogP contribution in [0.1, 0.15) is 50.4 Å². The van der Waals surface area contributed by atoms with Crippen LogP contribution in [0.3, 0.4) is 0 Å². The Morgan fingerprint density at radius 3 is 3.00 bits per heavy atom. The Labute approximate surface area is 127 Å². The van der Waals surface area contributed by atoms with Crippen molar-refractivity contribution < 1.29 is 5.11 Å². The third-order valence-electron chi connectivity index (χ3n) is 4.96. The van der Waals surface area contributed by atoms with Crippen LogP contribution in [-0.4, -0.2) is 51.6 Å². The first-order valence-electron chi connectivity index (χ1n) is 8.34. The Morgan fingerprint density at radius 2 is 2.29 bits per heavy atom. The van der Waals surface area contributed by atoms with Crippen LogP contribution < -0.4 is 5.32 Å². The molecule has 118 valence electrons. The summed E-state index contributed by atoms with van der Waals surface area (Å²) in [6.45, 7) is 7.71. The molecule has 0 aromatic carbocycles. The van der Waals surface area contributed by atoms with Crippen molar-refractivity contribution in [3.05, 3.63) is 17.5 Å². The number of hydrogen-bond donors (Lipinski definition) is 2. The average molecular weight is 292 g/mol. The zero-order valence-corrected chi connectivity index (χ0v) is 13.3. The number of hydrogen-bond acceptors (Lipinski definition) is 4. The molecule has 21 heavy (non-hydrogen) atoms. The molecule has 1 aliphatic carbocycles. The molecule has 2 unspecified atom stereocenters. The standard InChI is InChI=1S/C16H28N4O/c1-12(2)19-7-6-13(11-19)18-15-4-3-5-16-14(15)10-17-20(16)8-9-21/h10,12-13,15,18,21H,3-9,11H2,1-2H3. The van der Waals surface area contributed by atoms with E-state index >= 15 is 0 Å². The molecule has 2 atom stereocenters. The Kier molecular flexibility index (Phi) is 4.62. The largest absolute Gasteiger partial charge is 0.394 e. The lowest BCUT2D eigenvalue weighted by atomic mass is 9.92. The fraction of sp³-hybridized carbons (Fsp3) is 0.812. The van der Waals surface area contributed by atoms with E-state index in [0.29, 0.717) is 24.7 Å². The van der Waals surface area contributed by atoms with Gasteiger partial charge in [0.25, 0.3) is 0 Å². The summed E-state index contributed by atoms with van der Waals surface area (Å²) >= 11 is 0. The molecule has 1 fully saturated rings. The van der Waals surface area contributed by atoms with Crippen molar-refractivity contribution in [2.45, 2.75) is 64.2 Å². The van der Waals surface area contributed by atoms with E-state index < -0.39 is 0 Å². The molecule has 3 rings (SSSR count). The topological polar surface area (TPSA) is 53.3 Å². The zero-order valence-electron chi connectivity index (χ0n) is 13.3. The summed E-state index contributed by atoms with van der Waals surface area (Å²) in [5, 5.41) is 17.5. The van der Waals surface area contributed by atoms with Crippen LogP contribution in [0.5, 0.6) is 0 Å². The van der Waals surface area contributed by atoms with Gasteiger partial charge in [0, 0.05) is 35.9 Å². The van der Waals surface area contributed by atoms with Gasteiger partial charge in [-0.25, -0.2) is 0 Å². The second-order valence-corrected chi connectivity index (χ2v) is 6.68. The lowest BCUT2D eigenvalue weighted by Gasteiger charge is -2.28. The van der Waals surface area contributed by atoms with E-state index in [-0.39, 0.29) is 6.61 Å². The highest BCUT2D eigenvalue weighted by Gasteiger charge is 2.29. The second-order valence-electron chi connectivity index (χ2n) is 6.68. The van der Waals surface area contributed by atoms with Gasteiger partial charge in [-0.15, -0.1) is 0 Å². The maximum absolute atomic E-state index is 9.13. The Morgan fingerprint density at radius 1 is 1.43 bits per heavy atom. The highest BCUT2D eigenvalue weighted by Crippen LogP contribution is 2.30. The quantitative estimate of drug-likeness (QED) is 0.859. The molecular weight excluding hydrogens is 264 g/mol. The van der Waals surface area contributed by atoms with Crippen LogP contribution >= 0.6 is 0 Å². The van der Waals surface area contributed by atoms with Crippen LogP contribution in [0.15, 0.2) is 6.20 Å². The van der Waals surface area contributed by atoms with Gasteiger partial charge in [-0.1, -0.05) is 0 Å². The SMILES string of the molecule is CC(C)N1CCC(NC2CCCc3c2cnn3CCO)C1. The van der Waals surface area contributed by atoms with Crippen molar-refractivity contribution in [2.75, 3.05) is 19.7 Å². The van der Waals surface area contributed by atoms with E-state index in [1.54, 1.807) is 0 Å². The normalized spacial score (nSPS) is 26.5. The monoisotopic (exact) mass is 292 g/mol. The van der Waals surface area contributed by atoms with Crippen LogP contribution in [0, 0.1) is 0 Å². The summed E-state index contributed by atoms with van der Waals surface area (Å²) in [4.78, 5) is 2.55. The third kappa shape index (κ3) is 3.15. The van der Waals surface area contributed by atoms with E-state index in [2.05, 4.69) is 29.2 Å². The minimum atomic E-state index is 0.165. The Balaban J connectivity index is 1.66. The van der Waals surface area contributed by atoms with E-state index in [1.807, 2.05) is 10.9 Å². The van der Waals surface area contributed by atoms with Crippen molar-refractivity contribution >= 4 is 0 Å². The molecule has 1 saturated heterocycles. The number of fused-ring (bicyclic) bond motifs is 1. The first kappa shape index (κ1) is 15.0. The molecule has 2 heterocycles. The molecule has 5 nitrogen and oxygen atoms in total. The molecule has 1 aromatic heterocycles. The number of aliphatic hydroxyl groups is 1. The molecule has 1 aromatic rings. The molecule has 1 aliphatic heterocycles. The molecule has 0 bridgehead atoms. The van der Waals surface area contributed by atoms with Gasteiger partial charge < -0.3 is 10.4 Å². The summed E-state index contributed by atoms with van der Waals surface area (Å²) in [6, 6.07) is 1.69. The number of rotatable bonds is 5. The lowest BCUT2D eigenvalue weighted by molar-refractivity contribution is 0.261. The molecular formula is C16H28N4O. The molecule has 0 spiro atoms. The van der Waals surface area contributed by atoms with E-state index in [4.69, 9.17) is 5.11 Å². The van der Waals surface area contributed by atoms with Gasteiger partial charge in [0.15, 0.2) is 0 Å². The Bertz CT molecular complexity index is 471. The van der Waals surface area contributed by atoms with Crippen LogP contribution in [-0.2, 0) is 13.0 Å². The fourth-order valence-electron chi connectivity index (χ4n) is 3.76. The van der Waals surface area contributed by atoms with Crippen LogP contribution in [0.2, 0.25) is 0 Å². The van der Waals surface area contributed by atoms with E-state index in [9.17, 15) is 0 Å². The molecule has 5 heteroatoms. The number of aromatic nitrogens is 2. The molecule has 2 aliphatic rings. The van der Waals surface area contributed by atoms with Crippen molar-refractivity contribution in [3.63, 3.8) is 0 Å². The summed E-state index contributed by atoms with van der Waals surface area (Å²) in [5.41, 5.74) is 2.68. The smallest absolute Gasteiger partial charge is 0.0644 e. The van der Waals surface area contributed by atoms with Gasteiger partial charge in [0.05, 0.1) is 19.3 Å². The minimum absolute atomic E-state index is 0.165. The molecule has 0 radical (unpaired) electrons. The fourth-order valence-corrected chi connectivity index (χ4v) is 3.76. The number of aliphatic hydroxyl groups excluding tert-OH is 1. The highest BCUT2D eigenvalue weighted by atomic mass is 16.3. The second kappa shape index (κ2) is 6.46. The Hall–Kier alpha value is -0.910. The summed E-state index contributed by atoms with van der Waals surface area (Å²) < 4.78 is 1.98. The maximum Gasteiger partial charge on any atom is 0.0644 e. The zero-order chi connectivity index (χ0) is 14.8. The lowest BCUT2D eigenvalue weighted by Crippen LogP contribution is -2.38. The van der Waals surface area contributed by atoms with Gasteiger partial charge in [0.2, 0.25) is 0 Å². The van der Waals surface area contributed by atoms with Crippen molar-refractivity contribution in [1.29, 1.82) is 0 Å². The summed E-state index contributed by atoms with van der Waals surface area (Å²) in [6.07, 6.45) is 6.76. The molecule has 2 N–H and O–H groups in total. The number of likely N-dealkylation sites (tertiary alicyclic amines) is 1. The number of nitrogens with one attached hydrogen (secondary N) is 1. The van der Waals surface area contributed by atoms with Gasteiger partial charge in [-0.2, -0.15) is 5.10 Å². The van der Waals surface area contributed by atoms with E-state index in [0.717, 1.165) is 13.0 Å². The van der Waals surface area contributed by atoms with Gasteiger partial charge in [0.1, 0.15) is 0 Å². The van der Waals surface area contributed by atoms with Crippen molar-refractivity contribution in [3.8, 4) is 0 Å². The first-order valence-corrected chi connectivity index (χ1v) is 8.34. The first-order chi connectivity index (χ1) is 10.2. The van der Waals surface area contributed by atoms with Crippen molar-refractivity contribution in [1.82, 2.24) is 20.0 Å². The van der Waals surface area contributed by atoms with Gasteiger partial charge in [-0.3, -0.25) is 9.58 Å². The number of nitrogens with zero attached hydrogens (tertiary/aromatic N) is 3. The van der Waals surface area contributed by atoms with E-state index in [1.165, 1.54) is 37.1 Å². The van der Waals surface area contributed by atoms with Gasteiger partial charge in [-0.05, 0) is 46.1 Å². The van der Waals surface area contributed by atoms with Crippen molar-refractivity contribution in [2.24, 2.45) is 0 Å². The van der Waals surface area contributed by atoms with Gasteiger partial charge >= 0.3 is 0 Å². The summed E-state index contributed by atoms with van der Waals surface area (Å²) in [5.74, 6) is 0. The molecule has 0 saturated carbocycles.